The van der Waals surface area contributed by atoms with E-state index in [4.69, 9.17) is 11.6 Å². The molecule has 6 heteroatoms. The number of nitrogens with zero attached hydrogens (tertiary/aromatic N) is 4. The molecular weight excluding hydrogens is 250 g/mol. The lowest BCUT2D eigenvalue weighted by molar-refractivity contribution is 0.122. The molecule has 1 aromatic rings. The Hall–Kier alpha value is -0.910. The van der Waals surface area contributed by atoms with E-state index in [2.05, 4.69) is 39.2 Å². The molecule has 0 radical (unpaired) electrons. The minimum atomic E-state index is 0.497. The molecule has 1 saturated heterocycles. The number of nitrogens with one attached hydrogen (secondary N) is 1. The van der Waals surface area contributed by atoms with Crippen LogP contribution in [-0.2, 0) is 0 Å². The maximum absolute atomic E-state index is 5.98. The number of hydrogen-bond donors (Lipinski definition) is 1. The van der Waals surface area contributed by atoms with E-state index < -0.39 is 0 Å². The third-order valence-electron chi connectivity index (χ3n) is 3.51. The highest BCUT2D eigenvalue weighted by Crippen LogP contribution is 2.18. The zero-order valence-corrected chi connectivity index (χ0v) is 11.9. The number of halogens is 1. The standard InChI is InChI=1S/C12H20ClN5/c1-9-11(13)15-8-16-12(9)14-6-10-7-17(2)4-5-18(10)3/h8,10H,4-7H2,1-3H3,(H,14,15,16). The summed E-state index contributed by atoms with van der Waals surface area (Å²) in [6.45, 7) is 6.11. The van der Waals surface area contributed by atoms with Gasteiger partial charge in [0.25, 0.3) is 0 Å². The van der Waals surface area contributed by atoms with Gasteiger partial charge in [-0.15, -0.1) is 0 Å². The van der Waals surface area contributed by atoms with Crippen molar-refractivity contribution in [2.75, 3.05) is 45.6 Å². The Balaban J connectivity index is 1.96. The molecule has 0 amide bonds. The topological polar surface area (TPSA) is 44.3 Å². The van der Waals surface area contributed by atoms with Crippen LogP contribution in [0.2, 0.25) is 5.15 Å². The van der Waals surface area contributed by atoms with Crippen molar-refractivity contribution < 1.29 is 0 Å². The summed E-state index contributed by atoms with van der Waals surface area (Å²) in [7, 11) is 4.33. The molecule has 0 bridgehead atoms. The number of aromatic nitrogens is 2. The maximum atomic E-state index is 5.98. The van der Waals surface area contributed by atoms with E-state index in [9.17, 15) is 0 Å². The third-order valence-corrected chi connectivity index (χ3v) is 3.89. The normalized spacial score (nSPS) is 22.1. The highest BCUT2D eigenvalue weighted by Gasteiger charge is 2.22. The second-order valence-electron chi connectivity index (χ2n) is 4.92. The van der Waals surface area contributed by atoms with Gasteiger partial charge in [0.2, 0.25) is 0 Å². The van der Waals surface area contributed by atoms with Crippen LogP contribution in [0.1, 0.15) is 5.56 Å². The van der Waals surface area contributed by atoms with Gasteiger partial charge in [0.05, 0.1) is 0 Å². The first-order chi connectivity index (χ1) is 8.58. The van der Waals surface area contributed by atoms with Crippen LogP contribution in [0.3, 0.4) is 0 Å². The van der Waals surface area contributed by atoms with E-state index in [0.717, 1.165) is 37.6 Å². The molecule has 100 valence electrons. The van der Waals surface area contributed by atoms with Crippen molar-refractivity contribution >= 4 is 17.4 Å². The van der Waals surface area contributed by atoms with Crippen molar-refractivity contribution in [2.24, 2.45) is 0 Å². The Labute approximate surface area is 113 Å². The molecule has 0 aliphatic carbocycles. The molecule has 2 heterocycles. The molecule has 1 fully saturated rings. The largest absolute Gasteiger partial charge is 0.368 e. The molecule has 1 atom stereocenters. The Kier molecular flexibility index (Phi) is 4.37. The van der Waals surface area contributed by atoms with Crippen LogP contribution in [0.15, 0.2) is 6.33 Å². The molecule has 1 aromatic heterocycles. The predicted octanol–water partition coefficient (Wildman–Crippen LogP) is 1.10. The van der Waals surface area contributed by atoms with E-state index in [1.807, 2.05) is 6.92 Å². The van der Waals surface area contributed by atoms with E-state index in [-0.39, 0.29) is 0 Å². The van der Waals surface area contributed by atoms with Crippen LogP contribution in [0.4, 0.5) is 5.82 Å². The van der Waals surface area contributed by atoms with E-state index >= 15 is 0 Å². The molecule has 18 heavy (non-hydrogen) atoms. The number of hydrogen-bond acceptors (Lipinski definition) is 5. The van der Waals surface area contributed by atoms with Crippen LogP contribution in [0, 0.1) is 6.92 Å². The minimum Gasteiger partial charge on any atom is -0.368 e. The SMILES string of the molecule is Cc1c(Cl)ncnc1NCC1CN(C)CCN1C. The van der Waals surface area contributed by atoms with Gasteiger partial charge in [0.1, 0.15) is 17.3 Å². The number of anilines is 1. The molecule has 1 aliphatic heterocycles. The molecule has 0 spiro atoms. The van der Waals surface area contributed by atoms with Gasteiger partial charge in [-0.3, -0.25) is 4.90 Å². The predicted molar refractivity (Wildman–Crippen MR) is 74.2 cm³/mol. The summed E-state index contributed by atoms with van der Waals surface area (Å²) < 4.78 is 0. The highest BCUT2D eigenvalue weighted by atomic mass is 35.5. The minimum absolute atomic E-state index is 0.497. The molecule has 1 N–H and O–H groups in total. The molecule has 1 unspecified atom stereocenters. The summed E-state index contributed by atoms with van der Waals surface area (Å²) >= 11 is 5.98. The monoisotopic (exact) mass is 269 g/mol. The first kappa shape index (κ1) is 13.5. The average Bonchev–Trinajstić information content (AvgIpc) is 2.35. The van der Waals surface area contributed by atoms with Gasteiger partial charge in [-0.1, -0.05) is 11.6 Å². The molecule has 0 aromatic carbocycles. The summed E-state index contributed by atoms with van der Waals surface area (Å²) in [5, 5.41) is 3.89. The molecule has 5 nitrogen and oxygen atoms in total. The fourth-order valence-electron chi connectivity index (χ4n) is 2.14. The molecular formula is C12H20ClN5. The fourth-order valence-corrected chi connectivity index (χ4v) is 2.28. The van der Waals surface area contributed by atoms with Gasteiger partial charge < -0.3 is 10.2 Å². The van der Waals surface area contributed by atoms with Crippen LogP contribution in [0.5, 0.6) is 0 Å². The quantitative estimate of drug-likeness (QED) is 0.833. The number of rotatable bonds is 3. The van der Waals surface area contributed by atoms with Crippen LogP contribution in [-0.4, -0.2) is 66.1 Å². The van der Waals surface area contributed by atoms with Gasteiger partial charge >= 0.3 is 0 Å². The summed E-state index contributed by atoms with van der Waals surface area (Å²) in [6.07, 6.45) is 1.49. The van der Waals surface area contributed by atoms with Gasteiger partial charge in [0, 0.05) is 37.8 Å². The summed E-state index contributed by atoms with van der Waals surface area (Å²) in [4.78, 5) is 12.9. The van der Waals surface area contributed by atoms with E-state index in [0.29, 0.717) is 11.2 Å². The Morgan fingerprint density at radius 1 is 1.39 bits per heavy atom. The number of piperazine rings is 1. The Morgan fingerprint density at radius 3 is 2.94 bits per heavy atom. The first-order valence-electron chi connectivity index (χ1n) is 6.17. The highest BCUT2D eigenvalue weighted by molar-refractivity contribution is 6.30. The molecule has 2 rings (SSSR count). The van der Waals surface area contributed by atoms with Crippen molar-refractivity contribution in [3.63, 3.8) is 0 Å². The number of likely N-dealkylation sites (N-methyl/N-ethyl adjacent to an activating group) is 2. The van der Waals surface area contributed by atoms with Gasteiger partial charge in [0.15, 0.2) is 0 Å². The summed E-state index contributed by atoms with van der Waals surface area (Å²) in [6, 6.07) is 0.497. The first-order valence-corrected chi connectivity index (χ1v) is 6.55. The lowest BCUT2D eigenvalue weighted by atomic mass is 10.2. The van der Waals surface area contributed by atoms with Gasteiger partial charge in [-0.2, -0.15) is 0 Å². The lowest BCUT2D eigenvalue weighted by Crippen LogP contribution is -2.52. The van der Waals surface area contributed by atoms with Gasteiger partial charge in [-0.25, -0.2) is 9.97 Å². The average molecular weight is 270 g/mol. The third kappa shape index (κ3) is 3.10. The smallest absolute Gasteiger partial charge is 0.137 e. The van der Waals surface area contributed by atoms with Crippen molar-refractivity contribution in [3.05, 3.63) is 17.0 Å². The van der Waals surface area contributed by atoms with E-state index in [1.165, 1.54) is 6.33 Å². The van der Waals surface area contributed by atoms with Crippen molar-refractivity contribution in [3.8, 4) is 0 Å². The van der Waals surface area contributed by atoms with Crippen LogP contribution >= 0.6 is 11.6 Å². The fraction of sp³-hybridized carbons (Fsp3) is 0.667. The molecule has 1 aliphatic rings. The van der Waals surface area contributed by atoms with Crippen molar-refractivity contribution in [1.29, 1.82) is 0 Å². The second kappa shape index (κ2) is 5.82. The molecule has 0 saturated carbocycles. The Morgan fingerprint density at radius 2 is 2.17 bits per heavy atom. The lowest BCUT2D eigenvalue weighted by Gasteiger charge is -2.37. The van der Waals surface area contributed by atoms with E-state index in [1.54, 1.807) is 0 Å². The van der Waals surface area contributed by atoms with Crippen molar-refractivity contribution in [2.45, 2.75) is 13.0 Å². The van der Waals surface area contributed by atoms with Crippen LogP contribution < -0.4 is 5.32 Å². The van der Waals surface area contributed by atoms with Gasteiger partial charge in [-0.05, 0) is 21.0 Å². The Bertz CT molecular complexity index is 411. The summed E-state index contributed by atoms with van der Waals surface area (Å²) in [5.74, 6) is 0.830. The van der Waals surface area contributed by atoms with Crippen LogP contribution in [0.25, 0.3) is 0 Å². The summed E-state index contributed by atoms with van der Waals surface area (Å²) in [5.41, 5.74) is 0.908. The zero-order valence-electron chi connectivity index (χ0n) is 11.1. The second-order valence-corrected chi connectivity index (χ2v) is 5.27. The van der Waals surface area contributed by atoms with Crippen molar-refractivity contribution in [1.82, 2.24) is 19.8 Å². The zero-order chi connectivity index (χ0) is 13.1. The maximum Gasteiger partial charge on any atom is 0.137 e.